The fourth-order valence-corrected chi connectivity index (χ4v) is 4.12. The molecule has 1 fully saturated rings. The molecule has 2 aromatic carbocycles. The molecule has 1 amide bonds. The molecule has 0 saturated carbocycles. The molecule has 5 rings (SSSR count). The van der Waals surface area contributed by atoms with Gasteiger partial charge < -0.3 is 15.4 Å². The van der Waals surface area contributed by atoms with Gasteiger partial charge in [-0.2, -0.15) is 0 Å². The summed E-state index contributed by atoms with van der Waals surface area (Å²) in [5.41, 5.74) is 5.84. The van der Waals surface area contributed by atoms with E-state index in [0.717, 1.165) is 47.3 Å². The van der Waals surface area contributed by atoms with Gasteiger partial charge in [0.05, 0.1) is 5.52 Å². The molecule has 0 bridgehead atoms. The quantitative estimate of drug-likeness (QED) is 0.674. The molecule has 2 N–H and O–H groups in total. The summed E-state index contributed by atoms with van der Waals surface area (Å²) >= 11 is 0. The Labute approximate surface area is 169 Å². The highest BCUT2D eigenvalue weighted by Crippen LogP contribution is 2.35. The van der Waals surface area contributed by atoms with Crippen LogP contribution < -0.4 is 15.4 Å². The van der Waals surface area contributed by atoms with Crippen molar-refractivity contribution in [1.29, 1.82) is 0 Å². The standard InChI is InChI=1S/C24H23N3O2/c1-15(19-12-24(28)27-14-19)29-23-11-18(10-22-21(23)3-2-7-26-22)17-5-4-16-6-8-25-13-20(16)9-17/h2-5,7,9-11,19,25H,1,6,8,12-14H2,(H,27,28)/t19-/m1/s1. The maximum atomic E-state index is 11.6. The zero-order chi connectivity index (χ0) is 19.8. The third-order valence-corrected chi connectivity index (χ3v) is 5.78. The summed E-state index contributed by atoms with van der Waals surface area (Å²) in [4.78, 5) is 16.1. The van der Waals surface area contributed by atoms with Crippen molar-refractivity contribution in [2.24, 2.45) is 5.92 Å². The van der Waals surface area contributed by atoms with E-state index in [-0.39, 0.29) is 11.8 Å². The van der Waals surface area contributed by atoms with Crippen molar-refractivity contribution in [3.05, 3.63) is 72.1 Å². The van der Waals surface area contributed by atoms with Crippen LogP contribution in [-0.4, -0.2) is 24.0 Å². The average molecular weight is 385 g/mol. The molecule has 2 aliphatic heterocycles. The summed E-state index contributed by atoms with van der Waals surface area (Å²) in [7, 11) is 0. The van der Waals surface area contributed by atoms with Gasteiger partial charge >= 0.3 is 0 Å². The van der Waals surface area contributed by atoms with Crippen LogP contribution in [0.15, 0.2) is 61.0 Å². The van der Waals surface area contributed by atoms with Crippen molar-refractivity contribution in [3.8, 4) is 16.9 Å². The molecule has 2 aliphatic rings. The van der Waals surface area contributed by atoms with Gasteiger partial charge in [-0.3, -0.25) is 9.78 Å². The number of pyridine rings is 1. The minimum Gasteiger partial charge on any atom is -0.461 e. The fourth-order valence-electron chi connectivity index (χ4n) is 4.12. The van der Waals surface area contributed by atoms with Gasteiger partial charge in [-0.05, 0) is 65.6 Å². The van der Waals surface area contributed by atoms with Crippen molar-refractivity contribution in [2.45, 2.75) is 19.4 Å². The van der Waals surface area contributed by atoms with E-state index in [1.807, 2.05) is 12.1 Å². The van der Waals surface area contributed by atoms with Crippen LogP contribution >= 0.6 is 0 Å². The molecule has 5 heteroatoms. The lowest BCUT2D eigenvalue weighted by molar-refractivity contribution is -0.119. The molecular formula is C24H23N3O2. The van der Waals surface area contributed by atoms with Gasteiger partial charge in [-0.25, -0.2) is 0 Å². The number of rotatable bonds is 4. The number of fused-ring (bicyclic) bond motifs is 2. The third kappa shape index (κ3) is 3.49. The van der Waals surface area contributed by atoms with Crippen LogP contribution in [0.4, 0.5) is 0 Å². The van der Waals surface area contributed by atoms with Gasteiger partial charge in [-0.15, -0.1) is 0 Å². The van der Waals surface area contributed by atoms with Crippen LogP contribution in [0.5, 0.6) is 5.75 Å². The van der Waals surface area contributed by atoms with E-state index < -0.39 is 0 Å². The molecule has 0 radical (unpaired) electrons. The highest BCUT2D eigenvalue weighted by Gasteiger charge is 2.26. The fraction of sp³-hybridized carbons (Fsp3) is 0.250. The van der Waals surface area contributed by atoms with Gasteiger partial charge in [0.15, 0.2) is 0 Å². The zero-order valence-electron chi connectivity index (χ0n) is 16.2. The van der Waals surface area contributed by atoms with Gasteiger partial charge in [0.25, 0.3) is 0 Å². The monoisotopic (exact) mass is 385 g/mol. The molecule has 29 heavy (non-hydrogen) atoms. The molecule has 3 heterocycles. The van der Waals surface area contributed by atoms with Crippen molar-refractivity contribution >= 4 is 16.8 Å². The highest BCUT2D eigenvalue weighted by molar-refractivity contribution is 5.90. The molecule has 0 aliphatic carbocycles. The van der Waals surface area contributed by atoms with E-state index in [9.17, 15) is 4.79 Å². The van der Waals surface area contributed by atoms with Crippen LogP contribution in [0.25, 0.3) is 22.0 Å². The van der Waals surface area contributed by atoms with Crippen molar-refractivity contribution in [3.63, 3.8) is 0 Å². The summed E-state index contributed by atoms with van der Waals surface area (Å²) in [6.45, 7) is 6.60. The average Bonchev–Trinajstić information content (AvgIpc) is 3.20. The lowest BCUT2D eigenvalue weighted by Gasteiger charge is -2.19. The Morgan fingerprint density at radius 3 is 2.93 bits per heavy atom. The molecule has 3 aromatic rings. The lowest BCUT2D eigenvalue weighted by Crippen LogP contribution is -2.23. The highest BCUT2D eigenvalue weighted by atomic mass is 16.5. The minimum absolute atomic E-state index is 0.00676. The predicted molar refractivity (Wildman–Crippen MR) is 113 cm³/mol. The Morgan fingerprint density at radius 1 is 1.14 bits per heavy atom. The second-order valence-electron chi connectivity index (χ2n) is 7.73. The number of ether oxygens (including phenoxy) is 1. The summed E-state index contributed by atoms with van der Waals surface area (Å²) in [5.74, 6) is 1.38. The van der Waals surface area contributed by atoms with Gasteiger partial charge in [-0.1, -0.05) is 18.7 Å². The van der Waals surface area contributed by atoms with E-state index in [0.29, 0.717) is 18.7 Å². The Kier molecular flexibility index (Phi) is 4.52. The number of benzene rings is 2. The van der Waals surface area contributed by atoms with E-state index in [2.05, 4.69) is 52.5 Å². The van der Waals surface area contributed by atoms with Crippen LogP contribution in [0.3, 0.4) is 0 Å². The number of carbonyl (C=O) groups is 1. The third-order valence-electron chi connectivity index (χ3n) is 5.78. The lowest BCUT2D eigenvalue weighted by atomic mass is 9.95. The molecule has 146 valence electrons. The maximum absolute atomic E-state index is 11.6. The molecule has 5 nitrogen and oxygen atoms in total. The van der Waals surface area contributed by atoms with Gasteiger partial charge in [0, 0.05) is 37.0 Å². The number of aromatic nitrogens is 1. The topological polar surface area (TPSA) is 63.2 Å². The summed E-state index contributed by atoms with van der Waals surface area (Å²) in [5, 5.41) is 7.22. The normalized spacial score (nSPS) is 18.3. The molecule has 0 spiro atoms. The van der Waals surface area contributed by atoms with E-state index in [1.165, 1.54) is 11.1 Å². The maximum Gasteiger partial charge on any atom is 0.220 e. The van der Waals surface area contributed by atoms with Crippen LogP contribution in [-0.2, 0) is 17.8 Å². The molecule has 1 atom stereocenters. The first kappa shape index (κ1) is 17.9. The minimum atomic E-state index is -0.00676. The number of hydrogen-bond donors (Lipinski definition) is 2. The van der Waals surface area contributed by atoms with E-state index in [1.54, 1.807) is 6.20 Å². The zero-order valence-corrected chi connectivity index (χ0v) is 16.2. The van der Waals surface area contributed by atoms with Gasteiger partial charge in [0.1, 0.15) is 11.5 Å². The summed E-state index contributed by atoms with van der Waals surface area (Å²) in [6, 6.07) is 14.7. The van der Waals surface area contributed by atoms with Crippen LogP contribution in [0.2, 0.25) is 0 Å². The second kappa shape index (κ2) is 7.33. The Hall–Kier alpha value is -3.18. The number of nitrogens with one attached hydrogen (secondary N) is 2. The number of hydrogen-bond acceptors (Lipinski definition) is 4. The summed E-state index contributed by atoms with van der Waals surface area (Å²) < 4.78 is 6.20. The molecular weight excluding hydrogens is 362 g/mol. The van der Waals surface area contributed by atoms with Crippen molar-refractivity contribution in [1.82, 2.24) is 15.6 Å². The van der Waals surface area contributed by atoms with E-state index in [4.69, 9.17) is 4.74 Å². The Bertz CT molecular complexity index is 1120. The summed E-state index contributed by atoms with van der Waals surface area (Å²) in [6.07, 6.45) is 3.28. The molecule has 1 aromatic heterocycles. The number of amides is 1. The first-order valence-corrected chi connectivity index (χ1v) is 10.0. The SMILES string of the molecule is C=C(Oc1cc(-c2ccc3c(c2)CNCC3)cc2ncccc12)[C@H]1CNC(=O)C1. The Morgan fingerprint density at radius 2 is 2.07 bits per heavy atom. The number of nitrogens with zero attached hydrogens (tertiary/aromatic N) is 1. The van der Waals surface area contributed by atoms with Crippen molar-refractivity contribution in [2.75, 3.05) is 13.1 Å². The first-order chi connectivity index (χ1) is 14.2. The number of carbonyl (C=O) groups excluding carboxylic acids is 1. The van der Waals surface area contributed by atoms with Crippen molar-refractivity contribution < 1.29 is 9.53 Å². The first-order valence-electron chi connectivity index (χ1n) is 10.0. The smallest absolute Gasteiger partial charge is 0.220 e. The van der Waals surface area contributed by atoms with Crippen LogP contribution in [0, 0.1) is 5.92 Å². The van der Waals surface area contributed by atoms with Crippen LogP contribution in [0.1, 0.15) is 17.5 Å². The van der Waals surface area contributed by atoms with Gasteiger partial charge in [0.2, 0.25) is 5.91 Å². The Balaban J connectivity index is 1.54. The largest absolute Gasteiger partial charge is 0.461 e. The molecule has 0 unspecified atom stereocenters. The molecule has 1 saturated heterocycles. The van der Waals surface area contributed by atoms with E-state index >= 15 is 0 Å². The second-order valence-corrected chi connectivity index (χ2v) is 7.73. The predicted octanol–water partition coefficient (Wildman–Crippen LogP) is 3.58.